The lowest BCUT2D eigenvalue weighted by Crippen LogP contribution is -2.73. The van der Waals surface area contributed by atoms with E-state index in [0.29, 0.717) is 13.1 Å². The summed E-state index contributed by atoms with van der Waals surface area (Å²) in [6.45, 7) is 4.81. The van der Waals surface area contributed by atoms with Crippen LogP contribution in [0.4, 0.5) is 4.39 Å². The van der Waals surface area contributed by atoms with E-state index in [1.807, 2.05) is 10.8 Å². The van der Waals surface area contributed by atoms with Crippen molar-refractivity contribution in [3.8, 4) is 0 Å². The molecular formula is C29H43FN6O4. The van der Waals surface area contributed by atoms with Crippen molar-refractivity contribution >= 4 is 11.7 Å². The van der Waals surface area contributed by atoms with Gasteiger partial charge in [-0.25, -0.2) is 9.37 Å². The van der Waals surface area contributed by atoms with Gasteiger partial charge in [-0.3, -0.25) is 9.59 Å². The number of amides is 1. The number of methoxy groups -OCH3 is 1. The molecule has 11 heteroatoms. The van der Waals surface area contributed by atoms with E-state index >= 15 is 4.39 Å². The predicted octanol–water partition coefficient (Wildman–Crippen LogP) is 1.27. The summed E-state index contributed by atoms with van der Waals surface area (Å²) in [5.41, 5.74) is 0.162. The van der Waals surface area contributed by atoms with Crippen LogP contribution >= 0.6 is 0 Å². The van der Waals surface area contributed by atoms with Crippen molar-refractivity contribution in [1.29, 1.82) is 0 Å². The number of imidazole rings is 1. The van der Waals surface area contributed by atoms with E-state index in [2.05, 4.69) is 25.4 Å². The molecule has 10 nitrogen and oxygen atoms in total. The fourth-order valence-electron chi connectivity index (χ4n) is 7.57. The Kier molecular flexibility index (Phi) is 8.53. The number of halogens is 1. The molecular weight excluding hydrogens is 515 g/mol. The van der Waals surface area contributed by atoms with Crippen molar-refractivity contribution in [2.45, 2.75) is 94.1 Å². The lowest BCUT2D eigenvalue weighted by molar-refractivity contribution is -0.206. The number of hydrogen-bond acceptors (Lipinski definition) is 8. The van der Waals surface area contributed by atoms with E-state index < -0.39 is 24.2 Å². The normalized spacial score (nSPS) is 35.7. The molecule has 2 N–H and O–H groups in total. The number of likely N-dealkylation sites (tertiary alicyclic amines) is 1. The number of aromatic nitrogens is 2. The molecule has 1 aromatic heterocycles. The fraction of sp³-hybridized carbons (Fsp3) is 0.759. The average Bonchev–Trinajstić information content (AvgIpc) is 3.68. The van der Waals surface area contributed by atoms with Crippen molar-refractivity contribution in [1.82, 2.24) is 30.0 Å². The van der Waals surface area contributed by atoms with Gasteiger partial charge in [0.15, 0.2) is 5.78 Å². The maximum Gasteiger partial charge on any atom is 0.256 e. The monoisotopic (exact) mass is 558 g/mol. The molecule has 2 aliphatic carbocycles. The number of nitrogens with one attached hydrogen (secondary N) is 2. The van der Waals surface area contributed by atoms with Gasteiger partial charge in [0, 0.05) is 57.7 Å². The van der Waals surface area contributed by atoms with Gasteiger partial charge in [0.25, 0.3) is 5.91 Å². The zero-order valence-electron chi connectivity index (χ0n) is 23.4. The molecule has 4 fully saturated rings. The van der Waals surface area contributed by atoms with Gasteiger partial charge < -0.3 is 34.5 Å². The lowest BCUT2D eigenvalue weighted by Gasteiger charge is -2.59. The van der Waals surface area contributed by atoms with Crippen LogP contribution in [0.2, 0.25) is 0 Å². The summed E-state index contributed by atoms with van der Waals surface area (Å²) in [4.78, 5) is 35.6. The zero-order valence-corrected chi connectivity index (χ0v) is 23.4. The number of morpholine rings is 1. The van der Waals surface area contributed by atoms with Gasteiger partial charge in [-0.2, -0.15) is 0 Å². The molecule has 2 saturated carbocycles. The standard InChI is InChI=1S/C29H43FN6O4/c1-39-19-5-6-23-24(15-19)40-28-25(32-7-4-12-35-13-8-31-18-35)22(30)16-20-26(28)36(23)17-21(27(20)37)29(38)33-9-14-34-10-2-3-11-34/h8,13,17-20,22-26,28,32H,2-7,9-12,14-16H2,1H3,(H,33,38). The molecule has 0 radical (unpaired) electrons. The lowest BCUT2D eigenvalue weighted by atomic mass is 9.69. The van der Waals surface area contributed by atoms with Gasteiger partial charge >= 0.3 is 0 Å². The number of carbonyl (C=O) groups excluding carboxylic acids is 2. The van der Waals surface area contributed by atoms with E-state index in [4.69, 9.17) is 9.47 Å². The van der Waals surface area contributed by atoms with Gasteiger partial charge in [-0.15, -0.1) is 0 Å². The molecule has 0 aromatic carbocycles. The van der Waals surface area contributed by atoms with E-state index in [9.17, 15) is 9.59 Å². The summed E-state index contributed by atoms with van der Waals surface area (Å²) in [6, 6.07) is -0.770. The SMILES string of the molecule is COC1CCC2C(C1)OC1C(NCCCn3ccnc3)C(F)CC3C(=O)C(C(=O)NCCN4CCCC4)=CN2C31. The first-order valence-electron chi connectivity index (χ1n) is 15.1. The number of fused-ring (bicyclic) bond motifs is 2. The number of aryl methyl sites for hydroxylation is 1. The van der Waals surface area contributed by atoms with Crippen molar-refractivity contribution in [3.63, 3.8) is 0 Å². The number of hydrogen-bond donors (Lipinski definition) is 2. The second-order valence-corrected chi connectivity index (χ2v) is 12.0. The highest BCUT2D eigenvalue weighted by atomic mass is 19.1. The summed E-state index contributed by atoms with van der Waals surface area (Å²) in [5, 5.41) is 6.41. The number of alkyl halides is 1. The smallest absolute Gasteiger partial charge is 0.256 e. The van der Waals surface area contributed by atoms with Crippen molar-refractivity contribution in [3.05, 3.63) is 30.5 Å². The highest BCUT2D eigenvalue weighted by molar-refractivity contribution is 6.20. The first-order valence-corrected chi connectivity index (χ1v) is 15.1. The van der Waals surface area contributed by atoms with E-state index in [1.54, 1.807) is 25.8 Å². The molecule has 4 heterocycles. The molecule has 1 aromatic rings. The van der Waals surface area contributed by atoms with Gasteiger partial charge in [0.1, 0.15) is 6.17 Å². The molecule has 40 heavy (non-hydrogen) atoms. The Morgan fingerprint density at radius 3 is 2.83 bits per heavy atom. The summed E-state index contributed by atoms with van der Waals surface area (Å²) >= 11 is 0. The summed E-state index contributed by atoms with van der Waals surface area (Å²) in [7, 11) is 1.72. The third-order valence-corrected chi connectivity index (χ3v) is 9.64. The average molecular weight is 559 g/mol. The Morgan fingerprint density at radius 1 is 1.20 bits per heavy atom. The molecule has 6 rings (SSSR count). The third-order valence-electron chi connectivity index (χ3n) is 9.64. The highest BCUT2D eigenvalue weighted by Crippen LogP contribution is 2.45. The molecule has 3 aliphatic heterocycles. The number of Topliss-reactive ketones (excluding diaryl/α,β-unsaturated/α-hetero) is 1. The minimum Gasteiger partial charge on any atom is -0.381 e. The molecule has 2 saturated heterocycles. The number of carbonyl (C=O) groups is 2. The van der Waals surface area contributed by atoms with Crippen LogP contribution in [0.3, 0.4) is 0 Å². The van der Waals surface area contributed by atoms with Crippen molar-refractivity contribution in [2.24, 2.45) is 5.92 Å². The molecule has 220 valence electrons. The van der Waals surface area contributed by atoms with Gasteiger partial charge in [-0.1, -0.05) is 0 Å². The maximum atomic E-state index is 15.9. The van der Waals surface area contributed by atoms with Crippen molar-refractivity contribution in [2.75, 3.05) is 39.8 Å². The fourth-order valence-corrected chi connectivity index (χ4v) is 7.57. The minimum atomic E-state index is -1.25. The molecule has 8 atom stereocenters. The summed E-state index contributed by atoms with van der Waals surface area (Å²) in [5.74, 6) is -1.20. The topological polar surface area (TPSA) is 101 Å². The Morgan fingerprint density at radius 2 is 2.05 bits per heavy atom. The van der Waals surface area contributed by atoms with Crippen LogP contribution in [-0.2, 0) is 25.6 Å². The van der Waals surface area contributed by atoms with Crippen LogP contribution in [0.15, 0.2) is 30.5 Å². The first-order chi connectivity index (χ1) is 19.5. The van der Waals surface area contributed by atoms with Crippen LogP contribution in [0.1, 0.15) is 44.9 Å². The minimum absolute atomic E-state index is 0.0358. The van der Waals surface area contributed by atoms with Crippen LogP contribution in [-0.4, -0.2) is 113 Å². The number of ether oxygens (including phenoxy) is 2. The summed E-state index contributed by atoms with van der Waals surface area (Å²) in [6.07, 6.45) is 11.2. The molecule has 8 unspecified atom stereocenters. The molecule has 1 amide bonds. The van der Waals surface area contributed by atoms with Crippen LogP contribution < -0.4 is 10.6 Å². The number of rotatable bonds is 10. The van der Waals surface area contributed by atoms with Gasteiger partial charge in [0.2, 0.25) is 0 Å². The van der Waals surface area contributed by atoms with Crippen LogP contribution in [0, 0.1) is 5.92 Å². The van der Waals surface area contributed by atoms with Crippen LogP contribution in [0.25, 0.3) is 0 Å². The number of nitrogens with zero attached hydrogens (tertiary/aromatic N) is 4. The predicted molar refractivity (Wildman–Crippen MR) is 146 cm³/mol. The van der Waals surface area contributed by atoms with Gasteiger partial charge in [-0.05, 0) is 58.2 Å². The van der Waals surface area contributed by atoms with E-state index in [0.717, 1.165) is 51.9 Å². The van der Waals surface area contributed by atoms with E-state index in [1.165, 1.54) is 12.8 Å². The Hall–Kier alpha value is -2.34. The third kappa shape index (κ3) is 5.57. The van der Waals surface area contributed by atoms with Crippen molar-refractivity contribution < 1.29 is 23.5 Å². The largest absolute Gasteiger partial charge is 0.381 e. The number of ketones is 1. The van der Waals surface area contributed by atoms with Crippen LogP contribution in [0.5, 0.6) is 0 Å². The Labute approximate surface area is 235 Å². The second kappa shape index (κ2) is 12.3. The Balaban J connectivity index is 1.19. The quantitative estimate of drug-likeness (QED) is 0.327. The Bertz CT molecular complexity index is 1060. The highest BCUT2D eigenvalue weighted by Gasteiger charge is 2.58. The molecule has 0 bridgehead atoms. The molecule has 0 spiro atoms. The maximum absolute atomic E-state index is 15.9. The zero-order chi connectivity index (χ0) is 27.6. The molecule has 5 aliphatic rings. The van der Waals surface area contributed by atoms with E-state index in [-0.39, 0.29) is 48.0 Å². The van der Waals surface area contributed by atoms with Gasteiger partial charge in [0.05, 0.1) is 48.3 Å². The first kappa shape index (κ1) is 27.8. The summed E-state index contributed by atoms with van der Waals surface area (Å²) < 4.78 is 30.2. The second-order valence-electron chi connectivity index (χ2n) is 12.0.